The zero-order valence-electron chi connectivity index (χ0n) is 15.0. The summed E-state index contributed by atoms with van der Waals surface area (Å²) in [6.45, 7) is 0. The van der Waals surface area contributed by atoms with E-state index in [1.807, 2.05) is 5.38 Å². The molecular formula is C18H23ClN4O3S. The van der Waals surface area contributed by atoms with E-state index >= 15 is 0 Å². The lowest BCUT2D eigenvalue weighted by atomic mass is 9.85. The first-order valence-corrected chi connectivity index (χ1v) is 9.81. The Morgan fingerprint density at radius 3 is 2.93 bits per heavy atom. The molecule has 2 aromatic rings. The quantitative estimate of drug-likeness (QED) is 0.672. The van der Waals surface area contributed by atoms with Crippen molar-refractivity contribution in [2.75, 3.05) is 12.4 Å². The first kappa shape index (κ1) is 19.9. The molecule has 4 rings (SSSR count). The molecule has 3 unspecified atom stereocenters. The molecular weight excluding hydrogens is 388 g/mol. The highest BCUT2D eigenvalue weighted by atomic mass is 35.5. The molecule has 27 heavy (non-hydrogen) atoms. The Labute approximate surface area is 167 Å². The van der Waals surface area contributed by atoms with Gasteiger partial charge in [-0.25, -0.2) is 9.78 Å². The van der Waals surface area contributed by atoms with Gasteiger partial charge in [0, 0.05) is 23.2 Å². The van der Waals surface area contributed by atoms with E-state index in [4.69, 9.17) is 0 Å². The number of methoxy groups -OCH3 is 1. The number of carbonyl (C=O) groups excluding carboxylic acids is 2. The number of hydrogen-bond acceptors (Lipinski definition) is 6. The number of carbonyl (C=O) groups is 2. The number of thiazole rings is 1. The van der Waals surface area contributed by atoms with Gasteiger partial charge in [0.25, 0.3) is 0 Å². The fraction of sp³-hybridized carbons (Fsp3) is 0.500. The first-order chi connectivity index (χ1) is 12.6. The molecule has 1 saturated carbocycles. The topological polar surface area (TPSA) is 96.1 Å². The van der Waals surface area contributed by atoms with Gasteiger partial charge in [-0.1, -0.05) is 12.8 Å². The Morgan fingerprint density at radius 2 is 2.15 bits per heavy atom. The lowest BCUT2D eigenvalue weighted by molar-refractivity contribution is -0.117. The summed E-state index contributed by atoms with van der Waals surface area (Å²) in [5, 5.41) is 8.85. The average molecular weight is 411 g/mol. The molecule has 9 heteroatoms. The van der Waals surface area contributed by atoms with Crippen molar-refractivity contribution in [1.82, 2.24) is 15.3 Å². The van der Waals surface area contributed by atoms with Crippen molar-refractivity contribution in [3.05, 3.63) is 23.3 Å². The third kappa shape index (κ3) is 4.17. The number of anilines is 1. The van der Waals surface area contributed by atoms with E-state index < -0.39 is 5.97 Å². The van der Waals surface area contributed by atoms with Gasteiger partial charge < -0.3 is 20.4 Å². The van der Waals surface area contributed by atoms with Gasteiger partial charge in [0.15, 0.2) is 5.13 Å². The molecule has 3 atom stereocenters. The Bertz CT molecular complexity index is 807. The van der Waals surface area contributed by atoms with Crippen molar-refractivity contribution in [2.24, 2.45) is 5.92 Å². The second kappa shape index (κ2) is 8.41. The number of hydrogen-bond donors (Lipinski definition) is 3. The largest absolute Gasteiger partial charge is 0.464 e. The molecule has 2 aliphatic rings. The fourth-order valence-corrected chi connectivity index (χ4v) is 4.67. The molecule has 1 saturated heterocycles. The number of nitrogens with zero attached hydrogens (tertiary/aromatic N) is 1. The van der Waals surface area contributed by atoms with Crippen molar-refractivity contribution < 1.29 is 14.3 Å². The monoisotopic (exact) mass is 410 g/mol. The third-order valence-electron chi connectivity index (χ3n) is 5.30. The second-order valence-corrected chi connectivity index (χ2v) is 7.78. The smallest absolute Gasteiger partial charge is 0.354 e. The standard InChI is InChI=1S/C18H22N4O3S.ClH/c1-25-17(24)14-7-11(8-19-14)15-9-26-18(21-15)22-16(23)13-6-10-4-2-3-5-12(10)20-13;/h7-10,12-13,19-20H,2-6H2,1H3,(H,21,22,23);1H. The Kier molecular flexibility index (Phi) is 6.18. The summed E-state index contributed by atoms with van der Waals surface area (Å²) in [5.74, 6) is 0.196. The van der Waals surface area contributed by atoms with Crippen molar-refractivity contribution in [1.29, 1.82) is 0 Å². The molecule has 1 aliphatic heterocycles. The van der Waals surface area contributed by atoms with Crippen molar-refractivity contribution in [2.45, 2.75) is 44.2 Å². The number of aromatic nitrogens is 2. The van der Waals surface area contributed by atoms with Crippen LogP contribution in [-0.2, 0) is 9.53 Å². The summed E-state index contributed by atoms with van der Waals surface area (Å²) in [6.07, 6.45) is 7.54. The van der Waals surface area contributed by atoms with E-state index in [1.54, 1.807) is 12.3 Å². The highest BCUT2D eigenvalue weighted by Gasteiger charge is 2.38. The molecule has 3 N–H and O–H groups in total. The van der Waals surface area contributed by atoms with Crippen LogP contribution in [0, 0.1) is 5.92 Å². The predicted molar refractivity (Wildman–Crippen MR) is 106 cm³/mol. The minimum atomic E-state index is -0.422. The fourth-order valence-electron chi connectivity index (χ4n) is 3.95. The Morgan fingerprint density at radius 1 is 1.33 bits per heavy atom. The number of esters is 1. The van der Waals surface area contributed by atoms with Gasteiger partial charge in [-0.05, 0) is 31.2 Å². The minimum Gasteiger partial charge on any atom is -0.464 e. The van der Waals surface area contributed by atoms with Crippen LogP contribution in [0.1, 0.15) is 42.6 Å². The lowest BCUT2D eigenvalue weighted by Gasteiger charge is -2.24. The maximum Gasteiger partial charge on any atom is 0.354 e. The van der Waals surface area contributed by atoms with Gasteiger partial charge in [0.2, 0.25) is 5.91 Å². The maximum absolute atomic E-state index is 12.6. The van der Waals surface area contributed by atoms with Crippen LogP contribution in [0.15, 0.2) is 17.6 Å². The maximum atomic E-state index is 12.6. The van der Waals surface area contributed by atoms with Gasteiger partial charge in [-0.15, -0.1) is 23.7 Å². The summed E-state index contributed by atoms with van der Waals surface area (Å²) >= 11 is 1.38. The van der Waals surface area contributed by atoms with E-state index in [1.165, 1.54) is 44.1 Å². The normalized spacial score (nSPS) is 24.0. The minimum absolute atomic E-state index is 0. The average Bonchev–Trinajstić information content (AvgIpc) is 3.38. The number of halogens is 1. The molecule has 1 aliphatic carbocycles. The molecule has 0 aromatic carbocycles. The van der Waals surface area contributed by atoms with Crippen LogP contribution in [0.5, 0.6) is 0 Å². The molecule has 2 aromatic heterocycles. The molecule has 2 fully saturated rings. The van der Waals surface area contributed by atoms with Crippen LogP contribution in [0.25, 0.3) is 11.3 Å². The van der Waals surface area contributed by atoms with E-state index in [-0.39, 0.29) is 24.4 Å². The molecule has 0 radical (unpaired) electrons. The first-order valence-electron chi connectivity index (χ1n) is 8.93. The molecule has 146 valence electrons. The van der Waals surface area contributed by atoms with Gasteiger partial charge in [0.05, 0.1) is 18.8 Å². The van der Waals surface area contributed by atoms with Crippen molar-refractivity contribution >= 4 is 40.8 Å². The highest BCUT2D eigenvalue weighted by Crippen LogP contribution is 2.34. The third-order valence-corrected chi connectivity index (χ3v) is 6.06. The van der Waals surface area contributed by atoms with Gasteiger partial charge >= 0.3 is 5.97 Å². The number of rotatable bonds is 4. The van der Waals surface area contributed by atoms with Gasteiger partial charge in [-0.2, -0.15) is 0 Å². The molecule has 0 bridgehead atoms. The number of nitrogens with one attached hydrogen (secondary N) is 3. The number of aromatic amines is 1. The van der Waals surface area contributed by atoms with Crippen LogP contribution < -0.4 is 10.6 Å². The van der Waals surface area contributed by atoms with E-state index in [2.05, 4.69) is 25.3 Å². The Hall–Kier alpha value is -1.90. The number of H-pyrrole nitrogens is 1. The van der Waals surface area contributed by atoms with E-state index in [0.717, 1.165) is 12.0 Å². The van der Waals surface area contributed by atoms with Crippen LogP contribution in [0.4, 0.5) is 5.13 Å². The zero-order chi connectivity index (χ0) is 18.1. The summed E-state index contributed by atoms with van der Waals surface area (Å²) in [7, 11) is 1.34. The summed E-state index contributed by atoms with van der Waals surface area (Å²) in [4.78, 5) is 31.4. The van der Waals surface area contributed by atoms with Crippen molar-refractivity contribution in [3.8, 4) is 11.3 Å². The van der Waals surface area contributed by atoms with E-state index in [0.29, 0.717) is 28.5 Å². The molecule has 7 nitrogen and oxygen atoms in total. The van der Waals surface area contributed by atoms with Gasteiger partial charge in [-0.3, -0.25) is 4.79 Å². The van der Waals surface area contributed by atoms with Crippen LogP contribution in [0.3, 0.4) is 0 Å². The second-order valence-electron chi connectivity index (χ2n) is 6.93. The summed E-state index contributed by atoms with van der Waals surface area (Å²) < 4.78 is 4.69. The van der Waals surface area contributed by atoms with Crippen LogP contribution >= 0.6 is 23.7 Å². The van der Waals surface area contributed by atoms with Gasteiger partial charge in [0.1, 0.15) is 5.69 Å². The van der Waals surface area contributed by atoms with Crippen LogP contribution in [0.2, 0.25) is 0 Å². The molecule has 1 amide bonds. The molecule has 0 spiro atoms. The van der Waals surface area contributed by atoms with Crippen LogP contribution in [-0.4, -0.2) is 41.0 Å². The zero-order valence-corrected chi connectivity index (χ0v) is 16.6. The number of ether oxygens (including phenoxy) is 1. The highest BCUT2D eigenvalue weighted by molar-refractivity contribution is 7.14. The van der Waals surface area contributed by atoms with E-state index in [9.17, 15) is 9.59 Å². The predicted octanol–water partition coefficient (Wildman–Crippen LogP) is 3.21. The Balaban J connectivity index is 0.00000210. The summed E-state index contributed by atoms with van der Waals surface area (Å²) in [5.41, 5.74) is 1.87. The number of fused-ring (bicyclic) bond motifs is 1. The lowest BCUT2D eigenvalue weighted by Crippen LogP contribution is -2.39. The molecule has 3 heterocycles. The van der Waals surface area contributed by atoms with Crippen molar-refractivity contribution in [3.63, 3.8) is 0 Å². The number of amides is 1. The summed E-state index contributed by atoms with van der Waals surface area (Å²) in [6, 6.07) is 2.05. The SMILES string of the molecule is COC(=O)c1cc(-c2csc(NC(=O)C3CC4CCCCC4N3)n2)c[nH]1.Cl.